The van der Waals surface area contributed by atoms with Crippen molar-refractivity contribution in [3.8, 4) is 0 Å². The zero-order valence-electron chi connectivity index (χ0n) is 5.34. The van der Waals surface area contributed by atoms with Gasteiger partial charge in [0.1, 0.15) is 6.79 Å². The summed E-state index contributed by atoms with van der Waals surface area (Å²) in [7, 11) is 0. The van der Waals surface area contributed by atoms with Crippen molar-refractivity contribution >= 4 is 29.4 Å². The van der Waals surface area contributed by atoms with Crippen molar-refractivity contribution in [3.05, 3.63) is 0 Å². The van der Waals surface area contributed by atoms with E-state index in [0.717, 1.165) is 0 Å². The predicted molar refractivity (Wildman–Crippen MR) is 30.1 cm³/mol. The maximum Gasteiger partial charge on any atom is 1.00 e. The zero-order valence-corrected chi connectivity index (χ0v) is 8.85. The topological polar surface area (TPSA) is 69.6 Å². The smallest absolute Gasteiger partial charge is 0.524 e. The molecule has 0 fully saturated rings. The van der Waals surface area contributed by atoms with Crippen molar-refractivity contribution in [3.63, 3.8) is 0 Å². The maximum absolute atomic E-state index is 9.11. The van der Waals surface area contributed by atoms with E-state index in [1.54, 1.807) is 0 Å². The first-order chi connectivity index (χ1) is 4.18. The quantitative estimate of drug-likeness (QED) is 0.208. The van der Waals surface area contributed by atoms with Gasteiger partial charge < -0.3 is 19.7 Å². The molecule has 0 aliphatic heterocycles. The molecule has 0 saturated carbocycles. The Morgan fingerprint density at radius 1 is 1.60 bits per heavy atom. The molecule has 0 aromatic rings. The Balaban J connectivity index is -0.000000107. The van der Waals surface area contributed by atoms with Gasteiger partial charge in [0.15, 0.2) is 0 Å². The van der Waals surface area contributed by atoms with Crippen LogP contribution in [0.4, 0.5) is 4.79 Å². The van der Waals surface area contributed by atoms with Gasteiger partial charge in [-0.25, -0.2) is 0 Å². The van der Waals surface area contributed by atoms with E-state index in [0.29, 0.717) is 0 Å². The van der Waals surface area contributed by atoms with Gasteiger partial charge in [0.2, 0.25) is 0 Å². The summed E-state index contributed by atoms with van der Waals surface area (Å²) in [4.78, 5) is 9.11. The Kier molecular flexibility index (Phi) is 28.0. The van der Waals surface area contributed by atoms with Crippen LogP contribution in [0.15, 0.2) is 0 Å². The first kappa shape index (κ1) is 17.1. The number of hydrogen-bond donors (Lipinski definition) is 1. The molecule has 0 spiro atoms. The molecule has 0 aliphatic carbocycles. The molecule has 56 valence electrons. The predicted octanol–water partition coefficient (Wildman–Crippen LogP) is -3.28. The first-order valence-corrected chi connectivity index (χ1v) is 2.82. The zero-order chi connectivity index (χ0) is 7.70. The molecular weight excluding hydrogens is 194 g/mol. The van der Waals surface area contributed by atoms with Gasteiger partial charge in [0.25, 0.3) is 6.16 Å². The minimum atomic E-state index is -1.71. The number of aliphatic hydroxyl groups is 1. The molecular formula is C3H5Cl2NaO4. The normalized spacial score (nSPS) is 6.30. The van der Waals surface area contributed by atoms with Crippen molar-refractivity contribution in [2.24, 2.45) is 0 Å². The Morgan fingerprint density at radius 2 is 1.90 bits per heavy atom. The number of alkyl halides is 2. The second-order valence-corrected chi connectivity index (χ2v) is 1.43. The van der Waals surface area contributed by atoms with E-state index in [-0.39, 0.29) is 34.9 Å². The molecule has 1 N–H and O–H groups in total. The Morgan fingerprint density at radius 3 is 1.90 bits per heavy atom. The number of aliphatic hydroxyl groups excluding tert-OH is 1. The summed E-state index contributed by atoms with van der Waals surface area (Å²) in [6, 6.07) is 0. The van der Waals surface area contributed by atoms with Gasteiger partial charge in [-0.3, -0.25) is 0 Å². The second kappa shape index (κ2) is 16.4. The van der Waals surface area contributed by atoms with Crippen molar-refractivity contribution in [1.29, 1.82) is 0 Å². The van der Waals surface area contributed by atoms with Crippen molar-refractivity contribution in [2.45, 2.75) is 0 Å². The van der Waals surface area contributed by atoms with E-state index in [2.05, 4.69) is 4.74 Å². The SMILES string of the molecule is ClCCl.O=C([O-])OCO.[Na+]. The van der Waals surface area contributed by atoms with Crippen LogP contribution in [0.5, 0.6) is 0 Å². The van der Waals surface area contributed by atoms with Crippen LogP contribution in [0.2, 0.25) is 0 Å². The minimum Gasteiger partial charge on any atom is -0.524 e. The molecule has 7 heteroatoms. The molecule has 10 heavy (non-hydrogen) atoms. The van der Waals surface area contributed by atoms with Crippen LogP contribution in [0.25, 0.3) is 0 Å². The molecule has 0 rings (SSSR count). The third kappa shape index (κ3) is 37.0. The fourth-order valence-electron chi connectivity index (χ4n) is 0.0527. The molecule has 0 radical (unpaired) electrons. The van der Waals surface area contributed by atoms with E-state index in [1.165, 1.54) is 0 Å². The second-order valence-electron chi connectivity index (χ2n) is 0.624. The molecule has 0 heterocycles. The largest absolute Gasteiger partial charge is 1.00 e. The van der Waals surface area contributed by atoms with Crippen LogP contribution in [0.3, 0.4) is 0 Å². The fraction of sp³-hybridized carbons (Fsp3) is 0.667. The average molecular weight is 199 g/mol. The summed E-state index contributed by atoms with van der Waals surface area (Å²) in [5.41, 5.74) is 0. The summed E-state index contributed by atoms with van der Waals surface area (Å²) in [5, 5.41) is 16.9. The number of hydrogen-bond acceptors (Lipinski definition) is 4. The molecule has 0 atom stereocenters. The standard InChI is InChI=1S/C2H4O4.CH2Cl2.Na/c3-1-6-2(4)5;2-1-3;/h3H,1H2,(H,4,5);1H2;/q;;+1/p-1. The number of carboxylic acid groups (broad SMARTS) is 1. The molecule has 0 aromatic carbocycles. The third-order valence-electron chi connectivity index (χ3n) is 0.182. The van der Waals surface area contributed by atoms with Gasteiger partial charge in [-0.2, -0.15) is 0 Å². The number of halogens is 2. The molecule has 0 unspecified atom stereocenters. The average Bonchev–Trinajstić information content (AvgIpc) is 1.67. The first-order valence-electron chi connectivity index (χ1n) is 1.75. The van der Waals surface area contributed by atoms with Crippen molar-refractivity contribution < 1.29 is 49.3 Å². The summed E-state index contributed by atoms with van der Waals surface area (Å²) in [6.07, 6.45) is -1.71. The number of carbonyl (C=O) groups is 1. The van der Waals surface area contributed by atoms with Crippen molar-refractivity contribution in [2.75, 3.05) is 12.1 Å². The van der Waals surface area contributed by atoms with Gasteiger partial charge in [-0.1, -0.05) is 0 Å². The summed E-state index contributed by atoms with van der Waals surface area (Å²) < 4.78 is 3.40. The maximum atomic E-state index is 9.11. The summed E-state index contributed by atoms with van der Waals surface area (Å²) in [6.45, 7) is -0.831. The molecule has 0 saturated heterocycles. The van der Waals surface area contributed by atoms with Gasteiger partial charge in [0.05, 0.1) is 5.34 Å². The van der Waals surface area contributed by atoms with E-state index < -0.39 is 12.9 Å². The Hall–Kier alpha value is 0.810. The van der Waals surface area contributed by atoms with Gasteiger partial charge in [0, 0.05) is 0 Å². The number of rotatable bonds is 1. The fourth-order valence-corrected chi connectivity index (χ4v) is 0.0527. The van der Waals surface area contributed by atoms with Crippen LogP contribution >= 0.6 is 23.2 Å². The van der Waals surface area contributed by atoms with Crippen molar-refractivity contribution in [1.82, 2.24) is 0 Å². The molecule has 4 nitrogen and oxygen atoms in total. The van der Waals surface area contributed by atoms with E-state index >= 15 is 0 Å². The van der Waals surface area contributed by atoms with Crippen LogP contribution in [0, 0.1) is 0 Å². The molecule has 0 amide bonds. The third-order valence-corrected chi connectivity index (χ3v) is 0.182. The number of ether oxygens (including phenoxy) is 1. The van der Waals surface area contributed by atoms with E-state index in [9.17, 15) is 0 Å². The van der Waals surface area contributed by atoms with Crippen LogP contribution in [-0.4, -0.2) is 23.4 Å². The monoisotopic (exact) mass is 198 g/mol. The summed E-state index contributed by atoms with van der Waals surface area (Å²) >= 11 is 9.53. The van der Waals surface area contributed by atoms with Crippen LogP contribution in [-0.2, 0) is 4.74 Å². The van der Waals surface area contributed by atoms with Gasteiger partial charge in [-0.05, 0) is 0 Å². The number of carbonyl (C=O) groups excluding carboxylic acids is 1. The Bertz CT molecular complexity index is 71.5. The summed E-state index contributed by atoms with van der Waals surface area (Å²) in [5.74, 6) is 0. The molecule has 0 bridgehead atoms. The minimum absolute atomic E-state index is 0. The molecule has 0 aromatic heterocycles. The van der Waals surface area contributed by atoms with E-state index in [1.807, 2.05) is 0 Å². The van der Waals surface area contributed by atoms with Crippen LogP contribution in [0.1, 0.15) is 0 Å². The van der Waals surface area contributed by atoms with Gasteiger partial charge in [-0.15, -0.1) is 23.2 Å². The Labute approximate surface area is 90.4 Å². The van der Waals surface area contributed by atoms with Crippen LogP contribution < -0.4 is 34.7 Å². The molecule has 0 aliphatic rings. The van der Waals surface area contributed by atoms with Gasteiger partial charge >= 0.3 is 29.6 Å². The van der Waals surface area contributed by atoms with E-state index in [4.69, 9.17) is 38.2 Å².